The van der Waals surface area contributed by atoms with Crippen molar-refractivity contribution < 1.29 is 28.6 Å². The molecule has 11 saturated carbocycles. The Balaban J connectivity index is 0.000000156. The van der Waals surface area contributed by atoms with Crippen molar-refractivity contribution in [3.8, 4) is 0 Å². The molecule has 0 aromatic heterocycles. The van der Waals surface area contributed by atoms with Crippen LogP contribution < -0.4 is 34.4 Å². The van der Waals surface area contributed by atoms with Crippen molar-refractivity contribution in [3.63, 3.8) is 0 Å². The lowest BCUT2D eigenvalue weighted by Gasteiger charge is -2.67. The van der Waals surface area contributed by atoms with E-state index in [1.54, 1.807) is 54.6 Å². The summed E-state index contributed by atoms with van der Waals surface area (Å²) in [7, 11) is 0. The summed E-state index contributed by atoms with van der Waals surface area (Å²) < 4.78 is 18.5. The zero-order valence-electron chi connectivity index (χ0n) is 79.2. The fraction of sp³-hybridized carbons (Fsp3) is 0.750. The highest BCUT2D eigenvalue weighted by molar-refractivity contribution is 5.93. The van der Waals surface area contributed by atoms with E-state index in [-0.39, 0.29) is 52.5 Å². The van der Waals surface area contributed by atoms with Crippen LogP contribution in [-0.2, 0) is 14.2 Å². The van der Waals surface area contributed by atoms with E-state index < -0.39 is 0 Å². The first-order valence-electron chi connectivity index (χ1n) is 48.9. The highest BCUT2D eigenvalue weighted by Gasteiger charge is 2.70. The van der Waals surface area contributed by atoms with E-state index in [9.17, 15) is 14.4 Å². The molecule has 26 atom stereocenters. The van der Waals surface area contributed by atoms with Crippen LogP contribution in [0.5, 0.6) is 0 Å². The van der Waals surface area contributed by atoms with Crippen LogP contribution in [0.1, 0.15) is 376 Å². The van der Waals surface area contributed by atoms with Gasteiger partial charge in [0, 0.05) is 45.0 Å². The molecule has 26 unspecified atom stereocenters. The zero-order valence-corrected chi connectivity index (χ0v) is 79.2. The number of hydrogen-bond donors (Lipinski definition) is 6. The summed E-state index contributed by atoms with van der Waals surface area (Å²) >= 11 is 0. The van der Waals surface area contributed by atoms with Gasteiger partial charge < -0.3 is 48.6 Å². The number of anilines is 6. The number of ether oxygens (including phenoxy) is 3. The molecule has 0 amide bonds. The SMILES string of the molecule is CC(C)=CCCC(C)C1CCC2(C)C3CC=C4C(C)(C)C(OC(=O)c5cc(N)cc(N)c5)CCC4(C)C3CCC12C.CC(C)=CCCC(C)C1CCC2(C)C3CCC4C(C)(C)C(OC(=O)c5cc(N)cc(N)c5)CCC4(C)C3CCC12C.CC(C)CCCC(C)C1CCC2C3CCC4CC(OC(=O)c5cc(N)cc(N)c5)CCC4(C)C3CCC12C. The van der Waals surface area contributed by atoms with Gasteiger partial charge in [0.1, 0.15) is 18.3 Å². The molecule has 0 heterocycles. The van der Waals surface area contributed by atoms with Gasteiger partial charge >= 0.3 is 17.9 Å². The number of rotatable bonds is 19. The normalized spacial score (nSPS) is 39.1. The maximum Gasteiger partial charge on any atom is 0.338 e. The van der Waals surface area contributed by atoms with Crippen molar-refractivity contribution in [3.05, 3.63) is 106 Å². The standard InChI is InChI=1S/C37H58N2O2.C37H56N2O2.C34H54N2O2/c2*1-23(2)10-9-11-24(3)28-14-18-37(8)30-12-13-31-34(4,5)32(41-33(40)25-20-26(38)22-27(39)21-25)16-17-35(31,6)29(30)15-19-36(28,37)7;1-21(2)7-6-8-22(3)29-11-12-30-28-10-9-24-19-27(38-32(37)23-17-25(35)20-26(36)18-23)13-15-33(24,4)31(28)14-16-34(29,30)5/h10,20-22,24,28-32H,9,11-19,38-39H2,1-8H3;10,13,20-22,24,28-30,32H,9,11-12,14-19,38-39H2,1-8H3;17-18,20-22,24,27-31H,6-16,19,35-36H2,1-5H3. The Morgan fingerprint density at radius 2 is 0.842 bits per heavy atom. The van der Waals surface area contributed by atoms with Crippen molar-refractivity contribution in [1.29, 1.82) is 0 Å². The van der Waals surface area contributed by atoms with Gasteiger partial charge in [0.2, 0.25) is 0 Å². The second-order valence-corrected chi connectivity index (χ2v) is 47.1. The van der Waals surface area contributed by atoms with Gasteiger partial charge in [-0.15, -0.1) is 0 Å². The Bertz CT molecular complexity index is 4220. The second kappa shape index (κ2) is 34.8. The molecule has 12 aliphatic carbocycles. The average molecular weight is 1650 g/mol. The van der Waals surface area contributed by atoms with Gasteiger partial charge in [-0.3, -0.25) is 0 Å². The largest absolute Gasteiger partial charge is 0.459 e. The second-order valence-electron chi connectivity index (χ2n) is 47.1. The van der Waals surface area contributed by atoms with E-state index in [2.05, 4.69) is 164 Å². The topological polar surface area (TPSA) is 235 Å². The summed E-state index contributed by atoms with van der Waals surface area (Å²) in [5.41, 5.74) is 47.3. The lowest BCUT2D eigenvalue weighted by atomic mass is 9.38. The van der Waals surface area contributed by atoms with Crippen LogP contribution in [0.3, 0.4) is 0 Å². The maximum atomic E-state index is 13.2. The monoisotopic (exact) mass is 1650 g/mol. The number of carbonyl (C=O) groups is 3. The lowest BCUT2D eigenvalue weighted by Crippen LogP contribution is -2.62. The van der Waals surface area contributed by atoms with Crippen molar-refractivity contribution >= 4 is 52.0 Å². The molecule has 12 heteroatoms. The Hall–Kier alpha value is -5.91. The molecule has 12 nitrogen and oxygen atoms in total. The van der Waals surface area contributed by atoms with Crippen molar-refractivity contribution in [2.75, 3.05) is 34.4 Å². The van der Waals surface area contributed by atoms with Crippen LogP contribution in [-0.4, -0.2) is 36.2 Å². The smallest absolute Gasteiger partial charge is 0.338 e. The predicted octanol–water partition coefficient (Wildman–Crippen LogP) is 27.3. The third-order valence-electron chi connectivity index (χ3n) is 39.2. The molecule has 120 heavy (non-hydrogen) atoms. The summed E-state index contributed by atoms with van der Waals surface area (Å²) in [4.78, 5) is 39.3. The first-order valence-corrected chi connectivity index (χ1v) is 48.9. The molecule has 12 aliphatic rings. The van der Waals surface area contributed by atoms with Crippen molar-refractivity contribution in [1.82, 2.24) is 0 Å². The van der Waals surface area contributed by atoms with Gasteiger partial charge in [-0.2, -0.15) is 0 Å². The fourth-order valence-electron chi connectivity index (χ4n) is 32.6. The molecule has 12 N–H and O–H groups in total. The van der Waals surface area contributed by atoms with Gasteiger partial charge in [-0.1, -0.05) is 172 Å². The van der Waals surface area contributed by atoms with Crippen LogP contribution in [0, 0.1) is 149 Å². The number of nitrogens with two attached hydrogens (primary N) is 6. The Morgan fingerprint density at radius 3 is 1.37 bits per heavy atom. The van der Waals surface area contributed by atoms with Crippen molar-refractivity contribution in [2.45, 2.75) is 363 Å². The van der Waals surface area contributed by atoms with Crippen LogP contribution in [0.4, 0.5) is 34.1 Å². The van der Waals surface area contributed by atoms with Crippen LogP contribution in [0.2, 0.25) is 0 Å². The number of carbonyl (C=O) groups excluding carboxylic acids is 3. The highest BCUT2D eigenvalue weighted by Crippen LogP contribution is 2.77. The molecular formula is C108H168N6O6. The summed E-state index contributed by atoms with van der Waals surface area (Å²) in [6, 6.07) is 15.1. The lowest BCUT2D eigenvalue weighted by molar-refractivity contribution is -0.200. The van der Waals surface area contributed by atoms with Gasteiger partial charge in [-0.25, -0.2) is 14.4 Å². The summed E-state index contributed by atoms with van der Waals surface area (Å²) in [6.45, 7) is 51.8. The van der Waals surface area contributed by atoms with E-state index >= 15 is 0 Å². The number of allylic oxidation sites excluding steroid dienone is 5. The molecule has 11 fully saturated rings. The van der Waals surface area contributed by atoms with Crippen molar-refractivity contribution in [2.24, 2.45) is 149 Å². The maximum absolute atomic E-state index is 13.2. The Labute approximate surface area is 728 Å². The van der Waals surface area contributed by atoms with Crippen LogP contribution in [0.25, 0.3) is 0 Å². The van der Waals surface area contributed by atoms with Crippen LogP contribution in [0.15, 0.2) is 89.5 Å². The first-order chi connectivity index (χ1) is 56.3. The molecular weight excluding hydrogens is 1480 g/mol. The van der Waals surface area contributed by atoms with Gasteiger partial charge in [-0.05, 0) is 400 Å². The predicted molar refractivity (Wildman–Crippen MR) is 500 cm³/mol. The first kappa shape index (κ1) is 91.8. The molecule has 0 spiro atoms. The third-order valence-corrected chi connectivity index (χ3v) is 39.2. The minimum Gasteiger partial charge on any atom is -0.459 e. The van der Waals surface area contributed by atoms with E-state index in [0.717, 1.165) is 122 Å². The molecule has 0 bridgehead atoms. The molecule has 0 aliphatic heterocycles. The number of hydrogen-bond acceptors (Lipinski definition) is 12. The Kier molecular flexibility index (Phi) is 26.6. The molecule has 666 valence electrons. The van der Waals surface area contributed by atoms with E-state index in [1.807, 2.05) is 0 Å². The quantitative estimate of drug-likeness (QED) is 0.0285. The molecule has 0 saturated heterocycles. The average Bonchev–Trinajstić information content (AvgIpc) is 1.46. The molecule has 3 aromatic carbocycles. The molecule has 15 rings (SSSR count). The van der Waals surface area contributed by atoms with Crippen LogP contribution >= 0.6 is 0 Å². The minimum absolute atomic E-state index is 0.0104. The van der Waals surface area contributed by atoms with E-state index in [4.69, 9.17) is 48.6 Å². The van der Waals surface area contributed by atoms with Gasteiger partial charge in [0.15, 0.2) is 0 Å². The molecule has 0 radical (unpaired) electrons. The zero-order chi connectivity index (χ0) is 87.2. The number of fused-ring (bicyclic) bond motifs is 15. The molecule has 3 aromatic rings. The minimum atomic E-state index is -0.323. The van der Waals surface area contributed by atoms with E-state index in [1.165, 1.54) is 171 Å². The number of benzene rings is 3. The third kappa shape index (κ3) is 16.9. The Morgan fingerprint density at radius 1 is 0.400 bits per heavy atom. The number of esters is 3. The highest BCUT2D eigenvalue weighted by atomic mass is 16.6. The van der Waals surface area contributed by atoms with E-state index in [0.29, 0.717) is 106 Å². The van der Waals surface area contributed by atoms with Gasteiger partial charge in [0.05, 0.1) is 16.7 Å². The van der Waals surface area contributed by atoms with Gasteiger partial charge in [0.25, 0.3) is 0 Å². The summed E-state index contributed by atoms with van der Waals surface area (Å²) in [6.07, 6.45) is 46.9. The summed E-state index contributed by atoms with van der Waals surface area (Å²) in [5, 5.41) is 0. The fourth-order valence-corrected chi connectivity index (χ4v) is 32.6. The number of nitrogen functional groups attached to an aromatic ring is 6. The summed E-state index contributed by atoms with van der Waals surface area (Å²) in [5.74, 6) is 11.8.